The highest BCUT2D eigenvalue weighted by Crippen LogP contribution is 2.25. The van der Waals surface area contributed by atoms with E-state index in [9.17, 15) is 4.79 Å². The molecule has 0 atom stereocenters. The summed E-state index contributed by atoms with van der Waals surface area (Å²) in [7, 11) is 1.87. The molecule has 1 aliphatic carbocycles. The van der Waals surface area contributed by atoms with Gasteiger partial charge in [-0.25, -0.2) is 0 Å². The first-order valence-electron chi connectivity index (χ1n) is 6.41. The number of carbonyl (C=O) groups excluding carboxylic acids is 1. The lowest BCUT2D eigenvalue weighted by atomic mass is 10.0. The van der Waals surface area contributed by atoms with E-state index in [1.54, 1.807) is 0 Å². The van der Waals surface area contributed by atoms with Crippen LogP contribution in [0.4, 0.5) is 0 Å². The van der Waals surface area contributed by atoms with E-state index < -0.39 is 0 Å². The molecule has 0 aliphatic heterocycles. The molecule has 2 rings (SSSR count). The monoisotopic (exact) mass is 309 g/mol. The summed E-state index contributed by atoms with van der Waals surface area (Å²) in [6.45, 7) is 4.13. The Morgan fingerprint density at radius 1 is 1.33 bits per heavy atom. The minimum absolute atomic E-state index is 0.106. The number of rotatable bonds is 3. The van der Waals surface area contributed by atoms with Crippen LogP contribution in [0.25, 0.3) is 0 Å². The van der Waals surface area contributed by atoms with Crippen LogP contribution in [-0.4, -0.2) is 28.7 Å². The summed E-state index contributed by atoms with van der Waals surface area (Å²) in [5, 5.41) is 0.771. The Kier molecular flexibility index (Phi) is 3.81. The summed E-state index contributed by atoms with van der Waals surface area (Å²) in [6.07, 6.45) is 3.49. The molecular weight excluding hydrogens is 290 g/mol. The fourth-order valence-electron chi connectivity index (χ4n) is 2.26. The Balaban J connectivity index is 2.24. The second-order valence-electron chi connectivity index (χ2n) is 5.65. The third-order valence-electron chi connectivity index (χ3n) is 3.89. The number of amides is 1. The van der Waals surface area contributed by atoms with E-state index in [1.165, 1.54) is 17.5 Å². The minimum Gasteiger partial charge on any atom is -0.336 e. The summed E-state index contributed by atoms with van der Waals surface area (Å²) < 4.78 is 0. The molecule has 0 fully saturated rings. The first-order chi connectivity index (χ1) is 8.45. The SMILES string of the molecule is CN(C(=O)c1ccc2c(c1)CCC2)C(C)(C)CBr. The highest BCUT2D eigenvalue weighted by Gasteiger charge is 2.27. The zero-order valence-corrected chi connectivity index (χ0v) is 12.9. The number of hydrogen-bond donors (Lipinski definition) is 0. The van der Waals surface area contributed by atoms with Gasteiger partial charge < -0.3 is 4.90 Å². The van der Waals surface area contributed by atoms with Gasteiger partial charge in [0, 0.05) is 23.5 Å². The molecular formula is C15H20BrNO. The second kappa shape index (κ2) is 5.04. The molecule has 0 aromatic heterocycles. The largest absolute Gasteiger partial charge is 0.336 e. The van der Waals surface area contributed by atoms with Gasteiger partial charge in [0.15, 0.2) is 0 Å². The van der Waals surface area contributed by atoms with Crippen LogP contribution in [0.2, 0.25) is 0 Å². The van der Waals surface area contributed by atoms with E-state index in [4.69, 9.17) is 0 Å². The molecule has 1 aromatic carbocycles. The maximum absolute atomic E-state index is 12.5. The van der Waals surface area contributed by atoms with Gasteiger partial charge in [0.1, 0.15) is 0 Å². The fraction of sp³-hybridized carbons (Fsp3) is 0.533. The summed E-state index contributed by atoms with van der Waals surface area (Å²) in [5.41, 5.74) is 3.41. The third kappa shape index (κ3) is 2.46. The molecule has 1 amide bonds. The highest BCUT2D eigenvalue weighted by atomic mass is 79.9. The fourth-order valence-corrected chi connectivity index (χ4v) is 2.64. The summed E-state index contributed by atoms with van der Waals surface area (Å²) in [5.74, 6) is 0.106. The lowest BCUT2D eigenvalue weighted by Gasteiger charge is -2.34. The number of benzene rings is 1. The molecule has 1 aromatic rings. The van der Waals surface area contributed by atoms with Crippen LogP contribution >= 0.6 is 15.9 Å². The lowest BCUT2D eigenvalue weighted by molar-refractivity contribution is 0.0663. The molecule has 0 radical (unpaired) electrons. The number of alkyl halides is 1. The molecule has 0 spiro atoms. The van der Waals surface area contributed by atoms with Gasteiger partial charge in [-0.3, -0.25) is 4.79 Å². The average Bonchev–Trinajstić information content (AvgIpc) is 2.84. The van der Waals surface area contributed by atoms with Gasteiger partial charge in [-0.15, -0.1) is 0 Å². The van der Waals surface area contributed by atoms with Gasteiger partial charge >= 0.3 is 0 Å². The smallest absolute Gasteiger partial charge is 0.254 e. The number of halogens is 1. The van der Waals surface area contributed by atoms with Gasteiger partial charge in [-0.2, -0.15) is 0 Å². The zero-order valence-electron chi connectivity index (χ0n) is 11.3. The van der Waals surface area contributed by atoms with Crippen molar-refractivity contribution in [1.82, 2.24) is 4.90 Å². The van der Waals surface area contributed by atoms with E-state index >= 15 is 0 Å². The maximum atomic E-state index is 12.5. The Labute approximate surface area is 117 Å². The van der Waals surface area contributed by atoms with Crippen molar-refractivity contribution in [2.75, 3.05) is 12.4 Å². The van der Waals surface area contributed by atoms with Gasteiger partial charge in [0.2, 0.25) is 0 Å². The molecule has 2 nitrogen and oxygen atoms in total. The van der Waals surface area contributed by atoms with Crippen molar-refractivity contribution in [1.29, 1.82) is 0 Å². The van der Waals surface area contributed by atoms with Crippen LogP contribution in [0, 0.1) is 0 Å². The topological polar surface area (TPSA) is 20.3 Å². The van der Waals surface area contributed by atoms with Crippen molar-refractivity contribution >= 4 is 21.8 Å². The van der Waals surface area contributed by atoms with Crippen molar-refractivity contribution in [3.63, 3.8) is 0 Å². The number of fused-ring (bicyclic) bond motifs is 1. The number of aryl methyl sites for hydroxylation is 2. The van der Waals surface area contributed by atoms with Gasteiger partial charge in [0.25, 0.3) is 5.91 Å². The maximum Gasteiger partial charge on any atom is 0.254 e. The normalized spacial score (nSPS) is 14.4. The van der Waals surface area contributed by atoms with Crippen LogP contribution in [0.3, 0.4) is 0 Å². The molecule has 1 aliphatic rings. The molecule has 0 N–H and O–H groups in total. The molecule has 0 bridgehead atoms. The van der Waals surface area contributed by atoms with E-state index in [2.05, 4.69) is 41.9 Å². The van der Waals surface area contributed by atoms with Crippen molar-refractivity contribution in [2.45, 2.75) is 38.6 Å². The zero-order chi connectivity index (χ0) is 13.3. The number of carbonyl (C=O) groups is 1. The van der Waals surface area contributed by atoms with Gasteiger partial charge in [-0.05, 0) is 56.4 Å². The molecule has 0 saturated carbocycles. The Morgan fingerprint density at radius 3 is 2.67 bits per heavy atom. The standard InChI is InChI=1S/C15H20BrNO/c1-15(2,10-16)17(3)14(18)13-8-7-11-5-4-6-12(11)9-13/h7-9H,4-6,10H2,1-3H3. The van der Waals surface area contributed by atoms with Crippen LogP contribution in [-0.2, 0) is 12.8 Å². The van der Waals surface area contributed by atoms with Crippen molar-refractivity contribution < 1.29 is 4.79 Å². The summed E-state index contributed by atoms with van der Waals surface area (Å²) in [4.78, 5) is 14.3. The second-order valence-corrected chi connectivity index (χ2v) is 6.21. The molecule has 98 valence electrons. The predicted octanol–water partition coefficient (Wildman–Crippen LogP) is 3.42. The van der Waals surface area contributed by atoms with Crippen molar-refractivity contribution in [3.05, 3.63) is 34.9 Å². The third-order valence-corrected chi connectivity index (χ3v) is 5.26. The summed E-state index contributed by atoms with van der Waals surface area (Å²) >= 11 is 3.47. The quantitative estimate of drug-likeness (QED) is 0.783. The predicted molar refractivity (Wildman–Crippen MR) is 78.4 cm³/mol. The minimum atomic E-state index is -0.171. The molecule has 18 heavy (non-hydrogen) atoms. The first kappa shape index (κ1) is 13.6. The average molecular weight is 310 g/mol. The van der Waals surface area contributed by atoms with Crippen LogP contribution < -0.4 is 0 Å². The van der Waals surface area contributed by atoms with E-state index in [-0.39, 0.29) is 11.4 Å². The van der Waals surface area contributed by atoms with Crippen molar-refractivity contribution in [3.8, 4) is 0 Å². The van der Waals surface area contributed by atoms with Crippen molar-refractivity contribution in [2.24, 2.45) is 0 Å². The summed E-state index contributed by atoms with van der Waals surface area (Å²) in [6, 6.07) is 6.16. The van der Waals surface area contributed by atoms with Crippen LogP contribution in [0.15, 0.2) is 18.2 Å². The number of nitrogens with zero attached hydrogens (tertiary/aromatic N) is 1. The highest BCUT2D eigenvalue weighted by molar-refractivity contribution is 9.09. The Morgan fingerprint density at radius 2 is 2.00 bits per heavy atom. The molecule has 0 saturated heterocycles. The van der Waals surface area contributed by atoms with E-state index in [1.807, 2.05) is 18.0 Å². The Bertz CT molecular complexity index is 468. The van der Waals surface area contributed by atoms with Gasteiger partial charge in [-0.1, -0.05) is 22.0 Å². The molecule has 0 heterocycles. The van der Waals surface area contributed by atoms with Crippen LogP contribution in [0.1, 0.15) is 41.8 Å². The lowest BCUT2D eigenvalue weighted by Crippen LogP contribution is -2.46. The molecule has 0 unspecified atom stereocenters. The van der Waals surface area contributed by atoms with Gasteiger partial charge in [0.05, 0.1) is 0 Å². The van der Waals surface area contributed by atoms with E-state index in [0.717, 1.165) is 23.7 Å². The van der Waals surface area contributed by atoms with Crippen LogP contribution in [0.5, 0.6) is 0 Å². The number of hydrogen-bond acceptors (Lipinski definition) is 1. The molecule has 3 heteroatoms. The van der Waals surface area contributed by atoms with E-state index in [0.29, 0.717) is 0 Å². The first-order valence-corrected chi connectivity index (χ1v) is 7.54. The Hall–Kier alpha value is -0.830.